The van der Waals surface area contributed by atoms with Crippen molar-refractivity contribution in [3.05, 3.63) is 0 Å². The lowest BCUT2D eigenvalue weighted by Crippen LogP contribution is -2.57. The van der Waals surface area contributed by atoms with Crippen molar-refractivity contribution in [1.82, 2.24) is 0 Å². The molecule has 0 spiro atoms. The second-order valence-corrected chi connectivity index (χ2v) is 7.24. The first-order valence-electron chi connectivity index (χ1n) is 6.06. The monoisotopic (exact) mass is 221 g/mol. The standard InChI is InChI=1S/C13H19NS/c1-11-3-10-4-12(2,6-11)8-13(5-10,7-11)14-9-15/h10H,3-8H2,1-2H3/t10?,11-,12+,13?. The molecule has 0 aliphatic heterocycles. The van der Waals surface area contributed by atoms with E-state index in [-0.39, 0.29) is 5.54 Å². The average molecular weight is 221 g/mol. The number of nitrogens with zero attached hydrogens (tertiary/aromatic N) is 1. The molecule has 4 aliphatic carbocycles. The van der Waals surface area contributed by atoms with Crippen molar-refractivity contribution < 1.29 is 0 Å². The summed E-state index contributed by atoms with van der Waals surface area (Å²) in [6, 6.07) is 0. The van der Waals surface area contributed by atoms with E-state index in [2.05, 4.69) is 24.0 Å². The van der Waals surface area contributed by atoms with E-state index in [4.69, 9.17) is 12.2 Å². The van der Waals surface area contributed by atoms with Gasteiger partial charge in [0.1, 0.15) is 0 Å². The number of hydrogen-bond acceptors (Lipinski definition) is 2. The molecule has 0 N–H and O–H groups in total. The van der Waals surface area contributed by atoms with E-state index in [1.165, 1.54) is 38.5 Å². The van der Waals surface area contributed by atoms with Crippen LogP contribution in [0.3, 0.4) is 0 Å². The zero-order chi connectivity index (χ0) is 10.7. The lowest BCUT2D eigenvalue weighted by atomic mass is 9.43. The van der Waals surface area contributed by atoms with Crippen LogP contribution in [0.2, 0.25) is 0 Å². The lowest BCUT2D eigenvalue weighted by Gasteiger charge is -2.63. The molecule has 1 nitrogen and oxygen atoms in total. The minimum absolute atomic E-state index is 0.185. The van der Waals surface area contributed by atoms with Crippen molar-refractivity contribution in [3.63, 3.8) is 0 Å². The Balaban J connectivity index is 2.05. The van der Waals surface area contributed by atoms with E-state index < -0.39 is 0 Å². The van der Waals surface area contributed by atoms with Crippen LogP contribution in [0.4, 0.5) is 0 Å². The van der Waals surface area contributed by atoms with E-state index in [9.17, 15) is 0 Å². The van der Waals surface area contributed by atoms with Crippen LogP contribution < -0.4 is 0 Å². The van der Waals surface area contributed by atoms with Crippen LogP contribution in [0, 0.1) is 16.7 Å². The van der Waals surface area contributed by atoms with E-state index in [1.54, 1.807) is 0 Å². The molecule has 2 heteroatoms. The van der Waals surface area contributed by atoms with Gasteiger partial charge in [-0.25, -0.2) is 4.99 Å². The highest BCUT2D eigenvalue weighted by atomic mass is 32.1. The van der Waals surface area contributed by atoms with Gasteiger partial charge in [-0.2, -0.15) is 0 Å². The van der Waals surface area contributed by atoms with Crippen LogP contribution >= 0.6 is 12.2 Å². The van der Waals surface area contributed by atoms with Crippen molar-refractivity contribution >= 4 is 17.4 Å². The summed E-state index contributed by atoms with van der Waals surface area (Å²) in [7, 11) is 0. The molecule has 0 aromatic heterocycles. The molecule has 4 atom stereocenters. The molecule has 2 unspecified atom stereocenters. The molecule has 0 radical (unpaired) electrons. The molecule has 4 aliphatic rings. The third-order valence-corrected chi connectivity index (χ3v) is 4.97. The topological polar surface area (TPSA) is 12.4 Å². The Hall–Kier alpha value is -0.200. The Bertz CT molecular complexity index is 338. The molecular formula is C13H19NS. The van der Waals surface area contributed by atoms with E-state index in [1.807, 2.05) is 0 Å². The highest BCUT2D eigenvalue weighted by Gasteiger charge is 2.60. The predicted octanol–water partition coefficient (Wildman–Crippen LogP) is 3.84. The number of aliphatic imine (C=N–C) groups is 1. The van der Waals surface area contributed by atoms with Crippen molar-refractivity contribution in [1.29, 1.82) is 0 Å². The fourth-order valence-electron chi connectivity index (χ4n) is 5.61. The molecule has 0 amide bonds. The van der Waals surface area contributed by atoms with Gasteiger partial charge in [0, 0.05) is 0 Å². The van der Waals surface area contributed by atoms with Crippen molar-refractivity contribution in [3.8, 4) is 0 Å². The van der Waals surface area contributed by atoms with Crippen LogP contribution in [-0.4, -0.2) is 10.7 Å². The van der Waals surface area contributed by atoms with Crippen LogP contribution in [0.1, 0.15) is 52.4 Å². The van der Waals surface area contributed by atoms with Gasteiger partial charge in [0.05, 0.1) is 10.7 Å². The van der Waals surface area contributed by atoms with Gasteiger partial charge in [0.25, 0.3) is 0 Å². The third-order valence-electron chi connectivity index (χ3n) is 4.88. The molecule has 15 heavy (non-hydrogen) atoms. The summed E-state index contributed by atoms with van der Waals surface area (Å²) >= 11 is 4.84. The zero-order valence-corrected chi connectivity index (χ0v) is 10.5. The van der Waals surface area contributed by atoms with Gasteiger partial charge in [-0.3, -0.25) is 0 Å². The van der Waals surface area contributed by atoms with E-state index in [0.717, 1.165) is 5.92 Å². The Labute approximate surface area is 97.4 Å². The summed E-state index contributed by atoms with van der Waals surface area (Å²) in [4.78, 5) is 4.57. The predicted molar refractivity (Wildman–Crippen MR) is 65.2 cm³/mol. The highest BCUT2D eigenvalue weighted by molar-refractivity contribution is 7.78. The number of rotatable bonds is 1. The third kappa shape index (κ3) is 1.42. The summed E-state index contributed by atoms with van der Waals surface area (Å²) in [5.41, 5.74) is 1.28. The van der Waals surface area contributed by atoms with Crippen LogP contribution in [-0.2, 0) is 0 Å². The smallest absolute Gasteiger partial charge is 0.0724 e. The minimum atomic E-state index is 0.185. The second-order valence-electron chi connectivity index (χ2n) is 7.06. The summed E-state index contributed by atoms with van der Waals surface area (Å²) in [6.07, 6.45) is 8.06. The number of hydrogen-bond donors (Lipinski definition) is 0. The first kappa shape index (κ1) is 9.99. The van der Waals surface area contributed by atoms with Crippen LogP contribution in [0.15, 0.2) is 4.99 Å². The van der Waals surface area contributed by atoms with Crippen molar-refractivity contribution in [2.45, 2.75) is 57.9 Å². The molecule has 4 saturated carbocycles. The maximum absolute atomic E-state index is 4.84. The van der Waals surface area contributed by atoms with Gasteiger partial charge < -0.3 is 0 Å². The van der Waals surface area contributed by atoms with Gasteiger partial charge in [-0.15, -0.1) is 0 Å². The molecule has 4 bridgehead atoms. The Morgan fingerprint density at radius 3 is 2.13 bits per heavy atom. The van der Waals surface area contributed by atoms with Gasteiger partial charge in [-0.05, 0) is 67.5 Å². The first-order chi connectivity index (χ1) is 6.97. The normalized spacial score (nSPS) is 56.5. The summed E-state index contributed by atoms with van der Waals surface area (Å²) in [5, 5.41) is 2.67. The van der Waals surface area contributed by atoms with Gasteiger partial charge >= 0.3 is 0 Å². The largest absolute Gasteiger partial charge is 0.226 e. The zero-order valence-electron chi connectivity index (χ0n) is 9.68. The SMILES string of the molecule is C[C@]12CC3CC(N=C=S)(C1)C[C@@](C)(C3)C2. The van der Waals surface area contributed by atoms with Crippen molar-refractivity contribution in [2.24, 2.45) is 21.7 Å². The Morgan fingerprint density at radius 2 is 1.67 bits per heavy atom. The molecule has 0 heterocycles. The quantitative estimate of drug-likeness (QED) is 0.484. The molecular weight excluding hydrogens is 202 g/mol. The number of thiocarbonyl (C=S) groups is 1. The van der Waals surface area contributed by atoms with E-state index in [0.29, 0.717) is 10.8 Å². The molecule has 4 rings (SSSR count). The average Bonchev–Trinajstić information content (AvgIpc) is 1.94. The molecule has 4 fully saturated rings. The molecule has 82 valence electrons. The van der Waals surface area contributed by atoms with Gasteiger partial charge in [-0.1, -0.05) is 13.8 Å². The van der Waals surface area contributed by atoms with Crippen LogP contribution in [0.25, 0.3) is 0 Å². The Kier molecular flexibility index (Phi) is 1.81. The fourth-order valence-corrected chi connectivity index (χ4v) is 5.80. The fraction of sp³-hybridized carbons (Fsp3) is 0.923. The van der Waals surface area contributed by atoms with Crippen molar-refractivity contribution in [2.75, 3.05) is 0 Å². The lowest BCUT2D eigenvalue weighted by molar-refractivity contribution is -0.103. The molecule has 0 saturated heterocycles. The maximum atomic E-state index is 4.84. The van der Waals surface area contributed by atoms with Gasteiger partial charge in [0.15, 0.2) is 0 Å². The summed E-state index contributed by atoms with van der Waals surface area (Å²) in [5.74, 6) is 0.906. The Morgan fingerprint density at radius 1 is 1.07 bits per heavy atom. The summed E-state index contributed by atoms with van der Waals surface area (Å²) in [6.45, 7) is 4.92. The van der Waals surface area contributed by atoms with Crippen LogP contribution in [0.5, 0.6) is 0 Å². The molecule has 0 aromatic rings. The maximum Gasteiger partial charge on any atom is 0.0724 e. The molecule has 0 aromatic carbocycles. The summed E-state index contributed by atoms with van der Waals surface area (Å²) < 4.78 is 0. The first-order valence-corrected chi connectivity index (χ1v) is 6.47. The minimum Gasteiger partial charge on any atom is -0.226 e. The van der Waals surface area contributed by atoms with E-state index >= 15 is 0 Å². The van der Waals surface area contributed by atoms with Gasteiger partial charge in [0.2, 0.25) is 0 Å². The second kappa shape index (κ2) is 2.73. The highest BCUT2D eigenvalue weighted by Crippen LogP contribution is 2.67. The number of isothiocyanates is 1.